The van der Waals surface area contributed by atoms with Gasteiger partial charge in [-0.1, -0.05) is 193 Å². The summed E-state index contributed by atoms with van der Waals surface area (Å²) in [5.74, 6) is 0. The fourth-order valence-corrected chi connectivity index (χ4v) is 16.1. The molecule has 90 heavy (non-hydrogen) atoms. The molecule has 15 aromatic rings. The summed E-state index contributed by atoms with van der Waals surface area (Å²) in [5, 5.41) is 7.34. The summed E-state index contributed by atoms with van der Waals surface area (Å²) in [7, 11) is 6.44. The number of hydrogen-bond donors (Lipinski definition) is 0. The second kappa shape index (κ2) is 20.7. The number of anilines is 6. The van der Waals surface area contributed by atoms with Crippen LogP contribution in [0.2, 0.25) is 0 Å². The Labute approximate surface area is 530 Å². The van der Waals surface area contributed by atoms with Gasteiger partial charge >= 0.3 is 0 Å². The maximum atomic E-state index is 6.10. The molecule has 0 radical (unpaired) electrons. The minimum atomic E-state index is 0.00542. The third-order valence-corrected chi connectivity index (χ3v) is 21.2. The van der Waals surface area contributed by atoms with Crippen LogP contribution in [0.4, 0.5) is 34.1 Å². The molecular formula is C84H69N3O2S. The maximum Gasteiger partial charge on any atom is 0.137 e. The largest absolute Gasteiger partial charge is 0.456 e. The lowest BCUT2D eigenvalue weighted by Gasteiger charge is -2.25. The predicted molar refractivity (Wildman–Crippen MR) is 383 cm³/mol. The Kier molecular flexibility index (Phi) is 12.7. The van der Waals surface area contributed by atoms with E-state index in [1.165, 1.54) is 115 Å². The van der Waals surface area contributed by atoms with Crippen LogP contribution in [-0.4, -0.2) is 21.1 Å². The molecule has 3 aliphatic carbocycles. The first-order valence-corrected chi connectivity index (χ1v) is 32.1. The van der Waals surface area contributed by atoms with Gasteiger partial charge in [0.05, 0.1) is 0 Å². The maximum absolute atomic E-state index is 6.10. The molecule has 0 saturated carbocycles. The van der Waals surface area contributed by atoms with Crippen molar-refractivity contribution < 1.29 is 8.83 Å². The molecule has 12 aromatic carbocycles. The van der Waals surface area contributed by atoms with Crippen molar-refractivity contribution in [3.63, 3.8) is 0 Å². The van der Waals surface area contributed by atoms with Gasteiger partial charge in [0.1, 0.15) is 22.3 Å². The van der Waals surface area contributed by atoms with Crippen molar-refractivity contribution in [1.29, 1.82) is 0 Å². The number of hydrogen-bond acceptors (Lipinski definition) is 6. The molecule has 0 atom stereocenters. The topological polar surface area (TPSA) is 36.0 Å². The van der Waals surface area contributed by atoms with Gasteiger partial charge in [-0.15, -0.1) is 11.3 Å². The fraction of sp³-hybridized carbons (Fsp3) is 0.143. The molecule has 3 heterocycles. The number of rotatable bonds is 6. The number of fused-ring (bicyclic) bond motifs is 18. The number of para-hydroxylation sites is 2. The fourth-order valence-electron chi connectivity index (χ4n) is 14.9. The summed E-state index contributed by atoms with van der Waals surface area (Å²) in [4.78, 5) is 6.82. The summed E-state index contributed by atoms with van der Waals surface area (Å²) in [5.41, 5.74) is 27.5. The van der Waals surface area contributed by atoms with Crippen LogP contribution in [0.25, 0.3) is 97.4 Å². The number of furan rings is 2. The smallest absolute Gasteiger partial charge is 0.137 e. The summed E-state index contributed by atoms with van der Waals surface area (Å²) >= 11 is 1.87. The van der Waals surface area contributed by atoms with E-state index in [1.807, 2.05) is 35.6 Å². The monoisotopic (exact) mass is 1180 g/mol. The van der Waals surface area contributed by atoms with Gasteiger partial charge in [-0.25, -0.2) is 0 Å². The molecule has 0 amide bonds. The normalized spacial score (nSPS) is 14.1. The lowest BCUT2D eigenvalue weighted by Crippen LogP contribution is -2.16. The zero-order chi connectivity index (χ0) is 61.4. The number of nitrogens with zero attached hydrogens (tertiary/aromatic N) is 3. The summed E-state index contributed by atoms with van der Waals surface area (Å²) in [6, 6.07) is 91.9. The average Bonchev–Trinajstić information content (AvgIpc) is 1.64. The van der Waals surface area contributed by atoms with E-state index in [0.717, 1.165) is 49.9 Å². The van der Waals surface area contributed by atoms with Crippen LogP contribution in [0.5, 0.6) is 0 Å². The molecule has 0 saturated heterocycles. The van der Waals surface area contributed by atoms with Crippen molar-refractivity contribution in [3.05, 3.63) is 288 Å². The van der Waals surface area contributed by atoms with Crippen LogP contribution in [0.3, 0.4) is 0 Å². The SMILES string of the molecule is CN(c1ccc2c(c1)C(C)(C)c1ccccc1-2)c1ccc2c(c1)oc1ccccc12.CN(c1ccc2c(c1)C(C)(C)c1ccccc1-2)c1ccc2c(c1)sc1ccccc12.CN(c1ccc2c(c1)C(C)(C)c1ccccc1-2)c1ccc2oc3ccccc3c2c1. The molecule has 0 N–H and O–H groups in total. The van der Waals surface area contributed by atoms with Crippen LogP contribution in [0.1, 0.15) is 74.9 Å². The molecule has 0 aliphatic heterocycles. The van der Waals surface area contributed by atoms with E-state index < -0.39 is 0 Å². The van der Waals surface area contributed by atoms with E-state index in [4.69, 9.17) is 8.83 Å². The van der Waals surface area contributed by atoms with E-state index in [-0.39, 0.29) is 16.2 Å². The second-order valence-corrected chi connectivity index (χ2v) is 27.3. The molecule has 18 rings (SSSR count). The van der Waals surface area contributed by atoms with Gasteiger partial charge in [0.15, 0.2) is 0 Å². The Hall–Kier alpha value is -10.1. The van der Waals surface area contributed by atoms with Crippen molar-refractivity contribution in [2.24, 2.45) is 0 Å². The first-order chi connectivity index (χ1) is 43.6. The quantitative estimate of drug-likeness (QED) is 0.166. The Morgan fingerprint density at radius 1 is 0.244 bits per heavy atom. The molecule has 0 spiro atoms. The Balaban J connectivity index is 0.000000108. The minimum Gasteiger partial charge on any atom is -0.456 e. The molecule has 0 fully saturated rings. The zero-order valence-corrected chi connectivity index (χ0v) is 53.1. The summed E-state index contributed by atoms with van der Waals surface area (Å²) in [6.45, 7) is 14.0. The lowest BCUT2D eigenvalue weighted by molar-refractivity contribution is 0.660. The highest BCUT2D eigenvalue weighted by Gasteiger charge is 2.38. The van der Waals surface area contributed by atoms with Crippen LogP contribution in [0.15, 0.2) is 264 Å². The third-order valence-electron chi connectivity index (χ3n) is 20.1. The van der Waals surface area contributed by atoms with Crippen LogP contribution >= 0.6 is 11.3 Å². The van der Waals surface area contributed by atoms with E-state index in [0.29, 0.717) is 0 Å². The molecule has 0 unspecified atom stereocenters. The van der Waals surface area contributed by atoms with Gasteiger partial charge in [-0.3, -0.25) is 0 Å². The van der Waals surface area contributed by atoms with Gasteiger partial charge < -0.3 is 23.5 Å². The molecular weight excluding hydrogens is 1120 g/mol. The van der Waals surface area contributed by atoms with Gasteiger partial charge in [0.25, 0.3) is 0 Å². The number of benzene rings is 12. The standard InChI is InChI=1S/2C28H23NO.C28H23NS/c1-28(2)24-10-6-4-8-20(24)21-14-12-19(17-25(21)28)29(3)18-13-15-27-23(16-18)22-9-5-7-11-26(22)30-27;2*1-28(2)24-10-6-4-8-20(24)21-14-12-18(16-25(21)28)29(3)19-13-15-23-22-9-5-7-11-26(22)30-27(23)17-19/h3*4-17H,1-3H3. The summed E-state index contributed by atoms with van der Waals surface area (Å²) in [6.07, 6.45) is 0. The van der Waals surface area contributed by atoms with E-state index in [9.17, 15) is 0 Å². The van der Waals surface area contributed by atoms with E-state index >= 15 is 0 Å². The van der Waals surface area contributed by atoms with Crippen molar-refractivity contribution in [3.8, 4) is 33.4 Å². The van der Waals surface area contributed by atoms with Crippen LogP contribution in [-0.2, 0) is 16.2 Å². The first kappa shape index (κ1) is 55.2. The Morgan fingerprint density at radius 3 is 1.08 bits per heavy atom. The average molecular weight is 1180 g/mol. The number of thiophene rings is 1. The third kappa shape index (κ3) is 8.71. The van der Waals surface area contributed by atoms with Crippen molar-refractivity contribution >= 4 is 110 Å². The zero-order valence-electron chi connectivity index (χ0n) is 52.3. The lowest BCUT2D eigenvalue weighted by atomic mass is 9.82. The van der Waals surface area contributed by atoms with E-state index in [2.05, 4.69) is 308 Å². The highest BCUT2D eigenvalue weighted by Crippen LogP contribution is 2.53. The second-order valence-electron chi connectivity index (χ2n) is 26.2. The molecule has 6 heteroatoms. The highest BCUT2D eigenvalue weighted by atomic mass is 32.1. The van der Waals surface area contributed by atoms with Crippen molar-refractivity contribution in [2.45, 2.75) is 57.8 Å². The van der Waals surface area contributed by atoms with E-state index in [1.54, 1.807) is 0 Å². The van der Waals surface area contributed by atoms with Crippen LogP contribution < -0.4 is 14.7 Å². The molecule has 0 bridgehead atoms. The molecule has 3 aliphatic rings. The van der Waals surface area contributed by atoms with Gasteiger partial charge in [0.2, 0.25) is 0 Å². The molecule has 5 nitrogen and oxygen atoms in total. The highest BCUT2D eigenvalue weighted by molar-refractivity contribution is 7.25. The van der Waals surface area contributed by atoms with Gasteiger partial charge in [-0.2, -0.15) is 0 Å². The van der Waals surface area contributed by atoms with Gasteiger partial charge in [0, 0.05) is 119 Å². The van der Waals surface area contributed by atoms with Gasteiger partial charge in [-0.05, 0) is 164 Å². The molecule has 438 valence electrons. The van der Waals surface area contributed by atoms with Crippen LogP contribution in [0, 0.1) is 0 Å². The Morgan fingerprint density at radius 2 is 0.567 bits per heavy atom. The first-order valence-electron chi connectivity index (χ1n) is 31.3. The summed E-state index contributed by atoms with van der Waals surface area (Å²) < 4.78 is 14.8. The molecule has 3 aromatic heterocycles. The van der Waals surface area contributed by atoms with Crippen molar-refractivity contribution in [1.82, 2.24) is 0 Å². The predicted octanol–water partition coefficient (Wildman–Crippen LogP) is 23.4. The minimum absolute atomic E-state index is 0.00542. The van der Waals surface area contributed by atoms with Crippen molar-refractivity contribution in [2.75, 3.05) is 35.8 Å². The Bertz CT molecular complexity index is 5150.